The van der Waals surface area contributed by atoms with E-state index in [0.29, 0.717) is 11.7 Å². The van der Waals surface area contributed by atoms with Gasteiger partial charge in [-0.2, -0.15) is 5.26 Å². The van der Waals surface area contributed by atoms with Crippen LogP contribution in [0.15, 0.2) is 18.0 Å². The normalized spacial score (nSPS) is 9.35. The Morgan fingerprint density at radius 2 is 2.40 bits per heavy atom. The molecule has 0 aliphatic heterocycles. The van der Waals surface area contributed by atoms with Crippen LogP contribution in [0.25, 0.3) is 0 Å². The Kier molecular flexibility index (Phi) is 6.78. The lowest BCUT2D eigenvalue weighted by atomic mass is 10.4. The summed E-state index contributed by atoms with van der Waals surface area (Å²) >= 11 is 1.26. The van der Waals surface area contributed by atoms with Crippen molar-refractivity contribution >= 4 is 28.3 Å². The number of esters is 1. The van der Waals surface area contributed by atoms with E-state index < -0.39 is 18.5 Å². The van der Waals surface area contributed by atoms with E-state index in [1.165, 1.54) is 11.3 Å². The zero-order valence-corrected chi connectivity index (χ0v) is 11.5. The maximum Gasteiger partial charge on any atom is 0.358 e. The second kappa shape index (κ2) is 8.66. The highest BCUT2D eigenvalue weighted by Gasteiger charge is 2.13. The molecule has 2 N–H and O–H groups in total. The van der Waals surface area contributed by atoms with Crippen LogP contribution >= 0.6 is 11.3 Å². The van der Waals surface area contributed by atoms with Gasteiger partial charge in [-0.3, -0.25) is 4.79 Å². The number of anilines is 1. The molecule has 0 spiro atoms. The van der Waals surface area contributed by atoms with Gasteiger partial charge in [-0.15, -0.1) is 17.9 Å². The van der Waals surface area contributed by atoms with E-state index in [4.69, 9.17) is 10.00 Å². The largest absolute Gasteiger partial charge is 0.451 e. The first-order valence-electron chi connectivity index (χ1n) is 5.78. The Labute approximate surface area is 120 Å². The van der Waals surface area contributed by atoms with E-state index in [-0.39, 0.29) is 18.7 Å². The van der Waals surface area contributed by atoms with Crippen molar-refractivity contribution in [1.29, 1.82) is 5.26 Å². The first-order valence-corrected chi connectivity index (χ1v) is 6.66. The van der Waals surface area contributed by atoms with Gasteiger partial charge in [-0.05, 0) is 0 Å². The molecule has 1 rings (SSSR count). The molecule has 0 saturated heterocycles. The van der Waals surface area contributed by atoms with E-state index >= 15 is 0 Å². The van der Waals surface area contributed by atoms with Crippen LogP contribution in [-0.4, -0.2) is 36.6 Å². The lowest BCUT2D eigenvalue weighted by Gasteiger charge is -2.03. The molecule has 0 aromatic carbocycles. The molecule has 1 heterocycles. The van der Waals surface area contributed by atoms with Crippen LogP contribution in [0.2, 0.25) is 0 Å². The fourth-order valence-electron chi connectivity index (χ4n) is 1.12. The monoisotopic (exact) mass is 294 g/mol. The quantitative estimate of drug-likeness (QED) is 0.420. The van der Waals surface area contributed by atoms with Crippen LogP contribution in [0.1, 0.15) is 16.9 Å². The molecule has 1 amide bonds. The van der Waals surface area contributed by atoms with Gasteiger partial charge in [0.1, 0.15) is 0 Å². The van der Waals surface area contributed by atoms with Gasteiger partial charge in [0, 0.05) is 18.5 Å². The minimum Gasteiger partial charge on any atom is -0.451 e. The van der Waals surface area contributed by atoms with Crippen molar-refractivity contribution in [3.05, 3.63) is 23.7 Å². The Hall–Kier alpha value is -2.40. The Bertz CT molecular complexity index is 521. The molecule has 0 atom stereocenters. The van der Waals surface area contributed by atoms with Gasteiger partial charge < -0.3 is 15.4 Å². The molecule has 106 valence electrons. The number of hydrogen-bond acceptors (Lipinski definition) is 7. The van der Waals surface area contributed by atoms with Crippen LogP contribution in [0.3, 0.4) is 0 Å². The number of amides is 1. The molecule has 0 saturated carbocycles. The Morgan fingerprint density at radius 1 is 1.60 bits per heavy atom. The summed E-state index contributed by atoms with van der Waals surface area (Å²) in [4.78, 5) is 26.9. The van der Waals surface area contributed by atoms with E-state index in [9.17, 15) is 9.59 Å². The zero-order valence-electron chi connectivity index (χ0n) is 10.7. The highest BCUT2D eigenvalue weighted by Crippen LogP contribution is 2.15. The molecule has 1 aromatic heterocycles. The molecule has 0 radical (unpaired) electrons. The minimum atomic E-state index is -0.664. The number of nitriles is 1. The fraction of sp³-hybridized carbons (Fsp3) is 0.333. The number of thiazole rings is 1. The van der Waals surface area contributed by atoms with Crippen LogP contribution in [0, 0.1) is 11.3 Å². The van der Waals surface area contributed by atoms with E-state index in [1.807, 2.05) is 6.07 Å². The molecule has 20 heavy (non-hydrogen) atoms. The molecular formula is C12H14N4O3S. The van der Waals surface area contributed by atoms with Gasteiger partial charge in [-0.1, -0.05) is 6.08 Å². The van der Waals surface area contributed by atoms with E-state index in [2.05, 4.69) is 22.2 Å². The van der Waals surface area contributed by atoms with Gasteiger partial charge in [0.2, 0.25) is 0 Å². The number of aromatic nitrogens is 1. The first-order chi connectivity index (χ1) is 9.67. The van der Waals surface area contributed by atoms with Gasteiger partial charge in [0.05, 0.1) is 12.5 Å². The first kappa shape index (κ1) is 15.7. The van der Waals surface area contributed by atoms with Gasteiger partial charge >= 0.3 is 5.97 Å². The maximum absolute atomic E-state index is 11.6. The minimum absolute atomic E-state index is 0.145. The van der Waals surface area contributed by atoms with Crippen molar-refractivity contribution < 1.29 is 14.3 Å². The van der Waals surface area contributed by atoms with Crippen molar-refractivity contribution in [2.24, 2.45) is 0 Å². The SMILES string of the molecule is C=CCNc1nc(C(=O)OCC(=O)NCCC#N)cs1. The average Bonchev–Trinajstić information content (AvgIpc) is 2.91. The summed E-state index contributed by atoms with van der Waals surface area (Å²) in [5.41, 5.74) is 0.145. The third-order valence-electron chi connectivity index (χ3n) is 2.00. The molecule has 7 nitrogen and oxygen atoms in total. The van der Waals surface area contributed by atoms with Crippen LogP contribution < -0.4 is 10.6 Å². The highest BCUT2D eigenvalue weighted by molar-refractivity contribution is 7.13. The summed E-state index contributed by atoms with van der Waals surface area (Å²) < 4.78 is 4.80. The van der Waals surface area contributed by atoms with Crippen molar-refractivity contribution in [3.8, 4) is 6.07 Å². The summed E-state index contributed by atoms with van der Waals surface area (Å²) in [5.74, 6) is -1.11. The lowest BCUT2D eigenvalue weighted by molar-refractivity contribution is -0.124. The molecular weight excluding hydrogens is 280 g/mol. The predicted octanol–water partition coefficient (Wildman–Crippen LogP) is 0.928. The predicted molar refractivity (Wildman–Crippen MR) is 74.3 cm³/mol. The molecule has 0 unspecified atom stereocenters. The smallest absolute Gasteiger partial charge is 0.358 e. The highest BCUT2D eigenvalue weighted by atomic mass is 32.1. The number of hydrogen-bond donors (Lipinski definition) is 2. The Morgan fingerprint density at radius 3 is 3.10 bits per heavy atom. The van der Waals surface area contributed by atoms with Crippen molar-refractivity contribution in [1.82, 2.24) is 10.3 Å². The zero-order chi connectivity index (χ0) is 14.8. The van der Waals surface area contributed by atoms with Gasteiger partial charge in [0.15, 0.2) is 17.4 Å². The topological polar surface area (TPSA) is 104 Å². The Balaban J connectivity index is 2.35. The van der Waals surface area contributed by atoms with Gasteiger partial charge in [-0.25, -0.2) is 9.78 Å². The van der Waals surface area contributed by atoms with Crippen molar-refractivity contribution in [2.75, 3.05) is 25.0 Å². The summed E-state index contributed by atoms with van der Waals surface area (Å²) in [6.07, 6.45) is 1.88. The number of carbonyl (C=O) groups is 2. The number of nitrogens with one attached hydrogen (secondary N) is 2. The number of nitrogens with zero attached hydrogens (tertiary/aromatic N) is 2. The molecule has 0 aliphatic carbocycles. The number of ether oxygens (including phenoxy) is 1. The van der Waals surface area contributed by atoms with E-state index in [1.54, 1.807) is 11.5 Å². The van der Waals surface area contributed by atoms with Crippen LogP contribution in [0.4, 0.5) is 5.13 Å². The fourth-order valence-corrected chi connectivity index (χ4v) is 1.81. The number of carbonyl (C=O) groups excluding carboxylic acids is 2. The van der Waals surface area contributed by atoms with E-state index in [0.717, 1.165) is 0 Å². The summed E-state index contributed by atoms with van der Waals surface area (Å²) in [5, 5.41) is 15.8. The van der Waals surface area contributed by atoms with Crippen LogP contribution in [0.5, 0.6) is 0 Å². The molecule has 8 heteroatoms. The third kappa shape index (κ3) is 5.49. The molecule has 0 aliphatic rings. The second-order valence-corrected chi connectivity index (χ2v) is 4.40. The summed E-state index contributed by atoms with van der Waals surface area (Å²) in [6, 6.07) is 1.89. The second-order valence-electron chi connectivity index (χ2n) is 3.54. The standard InChI is InChI=1S/C12H14N4O3S/c1-2-5-15-12-16-9(8-20-12)11(18)19-7-10(17)14-6-3-4-13/h2,8H,1,3,5-7H2,(H,14,17)(H,15,16). The summed E-state index contributed by atoms with van der Waals surface area (Å²) in [6.45, 7) is 3.94. The third-order valence-corrected chi connectivity index (χ3v) is 2.80. The van der Waals surface area contributed by atoms with Crippen molar-refractivity contribution in [2.45, 2.75) is 6.42 Å². The molecule has 0 bridgehead atoms. The van der Waals surface area contributed by atoms with Gasteiger partial charge in [0.25, 0.3) is 5.91 Å². The van der Waals surface area contributed by atoms with Crippen LogP contribution in [-0.2, 0) is 9.53 Å². The maximum atomic E-state index is 11.6. The average molecular weight is 294 g/mol. The molecule has 0 fully saturated rings. The van der Waals surface area contributed by atoms with Crippen molar-refractivity contribution in [3.63, 3.8) is 0 Å². The molecule has 1 aromatic rings. The number of rotatable bonds is 8. The summed E-state index contributed by atoms with van der Waals surface area (Å²) in [7, 11) is 0. The lowest BCUT2D eigenvalue weighted by Crippen LogP contribution is -2.29.